The van der Waals surface area contributed by atoms with Gasteiger partial charge in [0.15, 0.2) is 0 Å². The van der Waals surface area contributed by atoms with Gasteiger partial charge in [0.2, 0.25) is 0 Å². The first-order chi connectivity index (χ1) is 7.16. The SMILES string of the molecule is C[C@@]1(F)CCCN(CC[C@H]2CCOC2)C1. The molecule has 2 atom stereocenters. The molecule has 0 aliphatic carbocycles. The molecule has 0 aromatic carbocycles. The Morgan fingerprint density at radius 1 is 1.53 bits per heavy atom. The summed E-state index contributed by atoms with van der Waals surface area (Å²) in [6.07, 6.45) is 4.11. The number of rotatable bonds is 3. The molecule has 2 nitrogen and oxygen atoms in total. The molecule has 2 aliphatic rings. The highest BCUT2D eigenvalue weighted by Gasteiger charge is 2.30. The molecule has 0 amide bonds. The van der Waals surface area contributed by atoms with Crippen molar-refractivity contribution in [2.75, 3.05) is 32.8 Å². The number of hydrogen-bond acceptors (Lipinski definition) is 2. The molecule has 0 bridgehead atoms. The second-order valence-electron chi connectivity index (χ2n) is 5.31. The minimum Gasteiger partial charge on any atom is -0.381 e. The molecule has 0 spiro atoms. The van der Waals surface area contributed by atoms with Crippen molar-refractivity contribution in [2.24, 2.45) is 5.92 Å². The van der Waals surface area contributed by atoms with Crippen molar-refractivity contribution in [1.82, 2.24) is 4.90 Å². The Morgan fingerprint density at radius 2 is 2.40 bits per heavy atom. The Labute approximate surface area is 91.8 Å². The zero-order chi connectivity index (χ0) is 10.7. The van der Waals surface area contributed by atoms with Crippen LogP contribution in [0.3, 0.4) is 0 Å². The van der Waals surface area contributed by atoms with Gasteiger partial charge < -0.3 is 9.64 Å². The lowest BCUT2D eigenvalue weighted by Crippen LogP contribution is -2.44. The number of halogens is 1. The standard InChI is InChI=1S/C12H22FNO/c1-12(13)5-2-6-14(10-12)7-3-11-4-8-15-9-11/h11H,2-10H2,1H3/t11-,12+/m0/s1. The predicted molar refractivity (Wildman–Crippen MR) is 58.7 cm³/mol. The molecule has 2 fully saturated rings. The Balaban J connectivity index is 1.69. The van der Waals surface area contributed by atoms with Crippen molar-refractivity contribution in [3.8, 4) is 0 Å². The quantitative estimate of drug-likeness (QED) is 0.716. The fourth-order valence-corrected chi connectivity index (χ4v) is 2.66. The first kappa shape index (κ1) is 11.3. The van der Waals surface area contributed by atoms with E-state index in [1.807, 2.05) is 0 Å². The van der Waals surface area contributed by atoms with Gasteiger partial charge in [-0.05, 0) is 51.6 Å². The second kappa shape index (κ2) is 4.79. The summed E-state index contributed by atoms with van der Waals surface area (Å²) >= 11 is 0. The van der Waals surface area contributed by atoms with E-state index in [0.717, 1.165) is 45.1 Å². The maximum absolute atomic E-state index is 13.8. The van der Waals surface area contributed by atoms with Crippen molar-refractivity contribution in [3.05, 3.63) is 0 Å². The van der Waals surface area contributed by atoms with E-state index in [-0.39, 0.29) is 0 Å². The largest absolute Gasteiger partial charge is 0.381 e. The molecule has 88 valence electrons. The molecule has 0 unspecified atom stereocenters. The van der Waals surface area contributed by atoms with E-state index in [4.69, 9.17) is 4.74 Å². The highest BCUT2D eigenvalue weighted by Crippen LogP contribution is 2.25. The highest BCUT2D eigenvalue weighted by atomic mass is 19.1. The van der Waals surface area contributed by atoms with Crippen LogP contribution in [0.15, 0.2) is 0 Å². The van der Waals surface area contributed by atoms with Gasteiger partial charge in [-0.1, -0.05) is 0 Å². The summed E-state index contributed by atoms with van der Waals surface area (Å²) in [5.41, 5.74) is -0.954. The van der Waals surface area contributed by atoms with Crippen LogP contribution in [0.2, 0.25) is 0 Å². The van der Waals surface area contributed by atoms with Crippen molar-refractivity contribution >= 4 is 0 Å². The highest BCUT2D eigenvalue weighted by molar-refractivity contribution is 4.83. The average Bonchev–Trinajstić information content (AvgIpc) is 2.65. The van der Waals surface area contributed by atoms with Crippen LogP contribution in [0.25, 0.3) is 0 Å². The number of likely N-dealkylation sites (tertiary alicyclic amines) is 1. The van der Waals surface area contributed by atoms with E-state index in [9.17, 15) is 4.39 Å². The van der Waals surface area contributed by atoms with Crippen LogP contribution in [0.5, 0.6) is 0 Å². The van der Waals surface area contributed by atoms with Crippen LogP contribution in [0, 0.1) is 5.92 Å². The lowest BCUT2D eigenvalue weighted by Gasteiger charge is -2.35. The summed E-state index contributed by atoms with van der Waals surface area (Å²) in [6.45, 7) is 6.32. The predicted octanol–water partition coefficient (Wildman–Crippen LogP) is 2.24. The molecule has 0 N–H and O–H groups in total. The van der Waals surface area contributed by atoms with Gasteiger partial charge in [0.05, 0.1) is 0 Å². The molecular formula is C12H22FNO. The number of piperidine rings is 1. The van der Waals surface area contributed by atoms with E-state index >= 15 is 0 Å². The molecule has 2 rings (SSSR count). The monoisotopic (exact) mass is 215 g/mol. The van der Waals surface area contributed by atoms with Crippen molar-refractivity contribution in [1.29, 1.82) is 0 Å². The smallest absolute Gasteiger partial charge is 0.120 e. The van der Waals surface area contributed by atoms with Crippen LogP contribution in [0.4, 0.5) is 4.39 Å². The average molecular weight is 215 g/mol. The second-order valence-corrected chi connectivity index (χ2v) is 5.31. The third kappa shape index (κ3) is 3.42. The number of nitrogens with zero attached hydrogens (tertiary/aromatic N) is 1. The van der Waals surface area contributed by atoms with Gasteiger partial charge in [0, 0.05) is 19.8 Å². The van der Waals surface area contributed by atoms with Crippen LogP contribution in [0.1, 0.15) is 32.6 Å². The van der Waals surface area contributed by atoms with E-state index in [1.54, 1.807) is 6.92 Å². The molecule has 3 heteroatoms. The molecule has 2 aliphatic heterocycles. The minimum absolute atomic E-state index is 0.626. The van der Waals surface area contributed by atoms with Gasteiger partial charge in [0.25, 0.3) is 0 Å². The minimum atomic E-state index is -0.954. The lowest BCUT2D eigenvalue weighted by atomic mass is 9.96. The van der Waals surface area contributed by atoms with Gasteiger partial charge in [-0.25, -0.2) is 4.39 Å². The Kier molecular flexibility index (Phi) is 3.62. The summed E-state index contributed by atoms with van der Waals surface area (Å²) in [5.74, 6) is 0.720. The van der Waals surface area contributed by atoms with Crippen LogP contribution in [-0.4, -0.2) is 43.4 Å². The Hall–Kier alpha value is -0.150. The van der Waals surface area contributed by atoms with Gasteiger partial charge in [-0.3, -0.25) is 0 Å². The molecule has 0 radical (unpaired) electrons. The summed E-state index contributed by atoms with van der Waals surface area (Å²) in [6, 6.07) is 0. The van der Waals surface area contributed by atoms with E-state index < -0.39 is 5.67 Å². The Morgan fingerprint density at radius 3 is 3.07 bits per heavy atom. The molecule has 0 aromatic rings. The topological polar surface area (TPSA) is 12.5 Å². The van der Waals surface area contributed by atoms with Crippen molar-refractivity contribution < 1.29 is 9.13 Å². The van der Waals surface area contributed by atoms with Crippen molar-refractivity contribution in [3.63, 3.8) is 0 Å². The summed E-state index contributed by atoms with van der Waals surface area (Å²) in [5, 5.41) is 0. The number of alkyl halides is 1. The van der Waals surface area contributed by atoms with Crippen molar-refractivity contribution in [2.45, 2.75) is 38.3 Å². The zero-order valence-electron chi connectivity index (χ0n) is 9.67. The van der Waals surface area contributed by atoms with E-state index in [1.165, 1.54) is 12.8 Å². The molecule has 15 heavy (non-hydrogen) atoms. The van der Waals surface area contributed by atoms with Gasteiger partial charge in [-0.15, -0.1) is 0 Å². The normalized spacial score (nSPS) is 38.4. The van der Waals surface area contributed by atoms with Crippen LogP contribution < -0.4 is 0 Å². The lowest BCUT2D eigenvalue weighted by molar-refractivity contribution is 0.0568. The van der Waals surface area contributed by atoms with Crippen LogP contribution in [-0.2, 0) is 4.74 Å². The molecule has 2 saturated heterocycles. The molecule has 0 saturated carbocycles. The van der Waals surface area contributed by atoms with Gasteiger partial charge in [-0.2, -0.15) is 0 Å². The molecule has 2 heterocycles. The number of ether oxygens (including phenoxy) is 1. The maximum atomic E-state index is 13.8. The summed E-state index contributed by atoms with van der Waals surface area (Å²) < 4.78 is 19.1. The first-order valence-electron chi connectivity index (χ1n) is 6.15. The number of hydrogen-bond donors (Lipinski definition) is 0. The third-order valence-corrected chi connectivity index (χ3v) is 3.60. The van der Waals surface area contributed by atoms with Gasteiger partial charge in [0.1, 0.15) is 5.67 Å². The molecule has 0 aromatic heterocycles. The first-order valence-corrected chi connectivity index (χ1v) is 6.15. The fraction of sp³-hybridized carbons (Fsp3) is 1.00. The third-order valence-electron chi connectivity index (χ3n) is 3.60. The van der Waals surface area contributed by atoms with E-state index in [2.05, 4.69) is 4.90 Å². The zero-order valence-corrected chi connectivity index (χ0v) is 9.67. The maximum Gasteiger partial charge on any atom is 0.120 e. The van der Waals surface area contributed by atoms with Gasteiger partial charge >= 0.3 is 0 Å². The molecular weight excluding hydrogens is 193 g/mol. The fourth-order valence-electron chi connectivity index (χ4n) is 2.66. The summed E-state index contributed by atoms with van der Waals surface area (Å²) in [7, 11) is 0. The summed E-state index contributed by atoms with van der Waals surface area (Å²) in [4.78, 5) is 2.28. The van der Waals surface area contributed by atoms with Crippen LogP contribution >= 0.6 is 0 Å². The van der Waals surface area contributed by atoms with E-state index in [0.29, 0.717) is 6.54 Å². The Bertz CT molecular complexity index is 202.